The van der Waals surface area contributed by atoms with Gasteiger partial charge in [0.25, 0.3) is 0 Å². The maximum atomic E-state index is 13.7. The highest BCUT2D eigenvalue weighted by molar-refractivity contribution is 5.35. The maximum absolute atomic E-state index is 13.7. The Morgan fingerprint density at radius 2 is 1.63 bits per heavy atom. The number of rotatable bonds is 3. The van der Waals surface area contributed by atoms with Gasteiger partial charge in [-0.05, 0) is 24.6 Å². The minimum Gasteiger partial charge on any atom is -0.454 e. The van der Waals surface area contributed by atoms with Gasteiger partial charge in [-0.25, -0.2) is 13.2 Å². The molecule has 0 aliphatic heterocycles. The van der Waals surface area contributed by atoms with E-state index in [4.69, 9.17) is 4.74 Å². The summed E-state index contributed by atoms with van der Waals surface area (Å²) in [5, 5.41) is 9.29. The highest BCUT2D eigenvalue weighted by Crippen LogP contribution is 2.27. The van der Waals surface area contributed by atoms with Crippen molar-refractivity contribution in [2.75, 3.05) is 0 Å². The SMILES string of the molecule is CC(O)c1ccc(Oc2cc(F)cc(F)c2)c(F)c1. The molecule has 0 aliphatic carbocycles. The summed E-state index contributed by atoms with van der Waals surface area (Å²) in [6.07, 6.45) is -0.810. The zero-order valence-corrected chi connectivity index (χ0v) is 10.0. The van der Waals surface area contributed by atoms with E-state index in [9.17, 15) is 18.3 Å². The Morgan fingerprint density at radius 1 is 1.00 bits per heavy atom. The second-order valence-corrected chi connectivity index (χ2v) is 4.07. The second-order valence-electron chi connectivity index (χ2n) is 4.07. The first-order valence-electron chi connectivity index (χ1n) is 5.57. The van der Waals surface area contributed by atoms with Crippen LogP contribution in [0.2, 0.25) is 0 Å². The lowest BCUT2D eigenvalue weighted by molar-refractivity contribution is 0.198. The number of halogens is 3. The first-order valence-corrected chi connectivity index (χ1v) is 5.57. The van der Waals surface area contributed by atoms with Gasteiger partial charge in [-0.3, -0.25) is 0 Å². The molecule has 2 rings (SSSR count). The molecule has 0 aliphatic rings. The van der Waals surface area contributed by atoms with Crippen LogP contribution in [0.4, 0.5) is 13.2 Å². The van der Waals surface area contributed by atoms with Crippen LogP contribution in [0.15, 0.2) is 36.4 Å². The Balaban J connectivity index is 2.28. The fourth-order valence-corrected chi connectivity index (χ4v) is 1.57. The van der Waals surface area contributed by atoms with Crippen molar-refractivity contribution in [2.24, 2.45) is 0 Å². The van der Waals surface area contributed by atoms with Crippen molar-refractivity contribution < 1.29 is 23.0 Å². The highest BCUT2D eigenvalue weighted by atomic mass is 19.1. The van der Waals surface area contributed by atoms with Crippen LogP contribution in [0.5, 0.6) is 11.5 Å². The summed E-state index contributed by atoms with van der Waals surface area (Å²) >= 11 is 0. The van der Waals surface area contributed by atoms with Gasteiger partial charge in [0.1, 0.15) is 17.4 Å². The van der Waals surface area contributed by atoms with Gasteiger partial charge >= 0.3 is 0 Å². The molecule has 0 aromatic heterocycles. The van der Waals surface area contributed by atoms with E-state index >= 15 is 0 Å². The summed E-state index contributed by atoms with van der Waals surface area (Å²) < 4.78 is 44.7. The number of hydrogen-bond acceptors (Lipinski definition) is 2. The number of ether oxygens (including phenoxy) is 1. The Hall–Kier alpha value is -2.01. The molecule has 0 radical (unpaired) electrons. The molecule has 19 heavy (non-hydrogen) atoms. The number of aliphatic hydroxyl groups is 1. The summed E-state index contributed by atoms with van der Waals surface area (Å²) in [4.78, 5) is 0. The molecule has 1 atom stereocenters. The van der Waals surface area contributed by atoms with Gasteiger partial charge in [-0.2, -0.15) is 0 Å². The van der Waals surface area contributed by atoms with Crippen molar-refractivity contribution >= 4 is 0 Å². The maximum Gasteiger partial charge on any atom is 0.166 e. The molecule has 1 N–H and O–H groups in total. The Bertz CT molecular complexity index is 577. The molecule has 0 bridgehead atoms. The van der Waals surface area contributed by atoms with Gasteiger partial charge in [0.2, 0.25) is 0 Å². The predicted molar refractivity (Wildman–Crippen MR) is 63.5 cm³/mol. The molecule has 2 aromatic carbocycles. The van der Waals surface area contributed by atoms with E-state index in [0.717, 1.165) is 18.2 Å². The second kappa shape index (κ2) is 5.32. The van der Waals surface area contributed by atoms with Crippen molar-refractivity contribution in [2.45, 2.75) is 13.0 Å². The third-order valence-corrected chi connectivity index (χ3v) is 2.50. The van der Waals surface area contributed by atoms with E-state index in [-0.39, 0.29) is 11.5 Å². The third kappa shape index (κ3) is 3.26. The van der Waals surface area contributed by atoms with E-state index in [1.165, 1.54) is 19.1 Å². The van der Waals surface area contributed by atoms with E-state index in [2.05, 4.69) is 0 Å². The van der Waals surface area contributed by atoms with Crippen molar-refractivity contribution in [1.29, 1.82) is 0 Å². The van der Waals surface area contributed by atoms with Gasteiger partial charge in [0.15, 0.2) is 11.6 Å². The Morgan fingerprint density at radius 3 is 2.16 bits per heavy atom. The zero-order valence-electron chi connectivity index (χ0n) is 10.0. The van der Waals surface area contributed by atoms with Crippen LogP contribution in [0, 0.1) is 17.5 Å². The third-order valence-electron chi connectivity index (χ3n) is 2.50. The molecule has 0 saturated heterocycles. The zero-order chi connectivity index (χ0) is 14.0. The van der Waals surface area contributed by atoms with Crippen LogP contribution in [0.25, 0.3) is 0 Å². The molecular weight excluding hydrogens is 257 g/mol. The van der Waals surface area contributed by atoms with Gasteiger partial charge in [0, 0.05) is 18.2 Å². The average molecular weight is 268 g/mol. The van der Waals surface area contributed by atoms with Crippen LogP contribution in [-0.2, 0) is 0 Å². The molecule has 2 aromatic rings. The van der Waals surface area contributed by atoms with Crippen molar-refractivity contribution in [1.82, 2.24) is 0 Å². The number of benzene rings is 2. The average Bonchev–Trinajstić information content (AvgIpc) is 2.30. The summed E-state index contributed by atoms with van der Waals surface area (Å²) in [7, 11) is 0. The molecule has 0 spiro atoms. The molecule has 0 amide bonds. The fraction of sp³-hybridized carbons (Fsp3) is 0.143. The molecule has 0 fully saturated rings. The summed E-state index contributed by atoms with van der Waals surface area (Å²) in [6, 6.07) is 6.46. The van der Waals surface area contributed by atoms with E-state index in [1.54, 1.807) is 0 Å². The van der Waals surface area contributed by atoms with Crippen molar-refractivity contribution in [3.63, 3.8) is 0 Å². The van der Waals surface area contributed by atoms with E-state index < -0.39 is 23.6 Å². The van der Waals surface area contributed by atoms with Crippen LogP contribution < -0.4 is 4.74 Å². The van der Waals surface area contributed by atoms with Crippen LogP contribution in [0.1, 0.15) is 18.6 Å². The molecule has 1 unspecified atom stereocenters. The Labute approximate surface area is 108 Å². The van der Waals surface area contributed by atoms with Crippen molar-refractivity contribution in [3.05, 3.63) is 59.4 Å². The molecular formula is C14H11F3O2. The van der Waals surface area contributed by atoms with Gasteiger partial charge in [-0.15, -0.1) is 0 Å². The van der Waals surface area contributed by atoms with Gasteiger partial charge in [0.05, 0.1) is 6.10 Å². The molecule has 100 valence electrons. The quantitative estimate of drug-likeness (QED) is 0.913. The summed E-state index contributed by atoms with van der Waals surface area (Å²) in [5.74, 6) is -2.65. The van der Waals surface area contributed by atoms with Crippen LogP contribution in [0.3, 0.4) is 0 Å². The molecule has 0 heterocycles. The summed E-state index contributed by atoms with van der Waals surface area (Å²) in [6.45, 7) is 1.50. The smallest absolute Gasteiger partial charge is 0.166 e. The number of aliphatic hydroxyl groups excluding tert-OH is 1. The first-order chi connectivity index (χ1) is 8.95. The standard InChI is InChI=1S/C14H11F3O2/c1-8(18)9-2-3-14(13(17)4-9)19-12-6-10(15)5-11(16)7-12/h2-8,18H,1H3. The van der Waals surface area contributed by atoms with Crippen molar-refractivity contribution in [3.8, 4) is 11.5 Å². The molecule has 5 heteroatoms. The lowest BCUT2D eigenvalue weighted by Gasteiger charge is -2.10. The van der Waals surface area contributed by atoms with E-state index in [1.807, 2.05) is 0 Å². The number of hydrogen-bond donors (Lipinski definition) is 1. The lowest BCUT2D eigenvalue weighted by atomic mass is 10.1. The van der Waals surface area contributed by atoms with Gasteiger partial charge < -0.3 is 9.84 Å². The fourth-order valence-electron chi connectivity index (χ4n) is 1.57. The largest absolute Gasteiger partial charge is 0.454 e. The minimum atomic E-state index is -0.810. The monoisotopic (exact) mass is 268 g/mol. The van der Waals surface area contributed by atoms with Gasteiger partial charge in [-0.1, -0.05) is 6.07 Å². The Kier molecular flexibility index (Phi) is 3.76. The molecule has 2 nitrogen and oxygen atoms in total. The summed E-state index contributed by atoms with van der Waals surface area (Å²) in [5.41, 5.74) is 0.385. The minimum absolute atomic E-state index is 0.138. The predicted octanol–water partition coefficient (Wildman–Crippen LogP) is 3.95. The first kappa shape index (κ1) is 13.4. The lowest BCUT2D eigenvalue weighted by Crippen LogP contribution is -1.95. The molecule has 0 saturated carbocycles. The van der Waals surface area contributed by atoms with Crippen LogP contribution in [-0.4, -0.2) is 5.11 Å². The van der Waals surface area contributed by atoms with Crippen LogP contribution >= 0.6 is 0 Å². The normalized spacial score (nSPS) is 12.3. The van der Waals surface area contributed by atoms with E-state index in [0.29, 0.717) is 11.6 Å². The highest BCUT2D eigenvalue weighted by Gasteiger charge is 2.10. The topological polar surface area (TPSA) is 29.5 Å².